The molecule has 1 atom stereocenters. The van der Waals surface area contributed by atoms with E-state index in [1.807, 2.05) is 13.8 Å². The number of nitrogens with zero attached hydrogens (tertiary/aromatic N) is 1. The first-order valence-corrected chi connectivity index (χ1v) is 7.50. The molecule has 0 radical (unpaired) electrons. The number of hydrogen-bond acceptors (Lipinski definition) is 6. The van der Waals surface area contributed by atoms with Crippen LogP contribution in [0, 0.1) is 5.92 Å². The molecule has 1 rings (SSSR count). The summed E-state index contributed by atoms with van der Waals surface area (Å²) in [5, 5.41) is -0.683. The van der Waals surface area contributed by atoms with Crippen LogP contribution in [0.4, 0.5) is 4.79 Å². The Morgan fingerprint density at radius 1 is 1.35 bits per heavy atom. The van der Waals surface area contributed by atoms with Crippen LogP contribution in [-0.2, 0) is 19.1 Å². The molecule has 0 aromatic heterocycles. The number of methoxy groups -OCH3 is 1. The molecule has 114 valence electrons. The van der Waals surface area contributed by atoms with E-state index >= 15 is 0 Å². The molecule has 1 saturated heterocycles. The molecule has 0 saturated carbocycles. The maximum atomic E-state index is 12.0. The Labute approximate surface area is 123 Å². The minimum absolute atomic E-state index is 0.135. The Balaban J connectivity index is 2.36. The van der Waals surface area contributed by atoms with Crippen molar-refractivity contribution in [3.63, 3.8) is 0 Å². The molecule has 1 fully saturated rings. The summed E-state index contributed by atoms with van der Waals surface area (Å²) in [6.07, 6.45) is 0.464. The molecule has 1 unspecified atom stereocenters. The SMILES string of the molecule is COCCOC(=O)CCC1SC(=O)N(CC(C)C)C1=O. The summed E-state index contributed by atoms with van der Waals surface area (Å²) in [7, 11) is 1.52. The number of carbonyl (C=O) groups is 3. The summed E-state index contributed by atoms with van der Waals surface area (Å²) < 4.78 is 9.68. The summed E-state index contributed by atoms with van der Waals surface area (Å²) in [6, 6.07) is 0. The van der Waals surface area contributed by atoms with Crippen molar-refractivity contribution in [3.8, 4) is 0 Å². The molecule has 0 aromatic rings. The third-order valence-electron chi connectivity index (χ3n) is 2.71. The first-order valence-electron chi connectivity index (χ1n) is 6.62. The Morgan fingerprint density at radius 3 is 2.65 bits per heavy atom. The Morgan fingerprint density at radius 2 is 2.05 bits per heavy atom. The number of esters is 1. The molecule has 1 heterocycles. The van der Waals surface area contributed by atoms with Gasteiger partial charge in [0.1, 0.15) is 6.61 Å². The minimum Gasteiger partial charge on any atom is -0.463 e. The smallest absolute Gasteiger partial charge is 0.305 e. The van der Waals surface area contributed by atoms with Gasteiger partial charge in [0.15, 0.2) is 0 Å². The molecule has 0 spiro atoms. The fourth-order valence-electron chi connectivity index (χ4n) is 1.77. The second-order valence-corrected chi connectivity index (χ2v) is 6.12. The molecule has 1 aliphatic heterocycles. The third kappa shape index (κ3) is 5.13. The summed E-state index contributed by atoms with van der Waals surface area (Å²) >= 11 is 0.999. The molecule has 0 N–H and O–H groups in total. The van der Waals surface area contributed by atoms with Crippen LogP contribution in [-0.4, -0.2) is 54.1 Å². The van der Waals surface area contributed by atoms with Gasteiger partial charge in [0.2, 0.25) is 5.91 Å². The van der Waals surface area contributed by atoms with Gasteiger partial charge in [-0.3, -0.25) is 19.3 Å². The molecular weight excluding hydrogens is 282 g/mol. The second-order valence-electron chi connectivity index (χ2n) is 4.97. The van der Waals surface area contributed by atoms with Crippen LogP contribution in [0.3, 0.4) is 0 Å². The summed E-state index contributed by atoms with van der Waals surface area (Å²) in [5.74, 6) is -0.329. The quantitative estimate of drug-likeness (QED) is 0.502. The topological polar surface area (TPSA) is 72.9 Å². The second kappa shape index (κ2) is 8.26. The van der Waals surface area contributed by atoms with Crippen molar-refractivity contribution in [2.75, 3.05) is 26.9 Å². The number of carbonyl (C=O) groups excluding carboxylic acids is 3. The van der Waals surface area contributed by atoms with Crippen LogP contribution in [0.25, 0.3) is 0 Å². The van der Waals surface area contributed by atoms with Crippen LogP contribution in [0.1, 0.15) is 26.7 Å². The van der Waals surface area contributed by atoms with Gasteiger partial charge < -0.3 is 9.47 Å². The number of thioether (sulfide) groups is 1. The average Bonchev–Trinajstić information content (AvgIpc) is 2.64. The van der Waals surface area contributed by atoms with Gasteiger partial charge in [-0.05, 0) is 12.3 Å². The molecule has 0 aromatic carbocycles. The maximum Gasteiger partial charge on any atom is 0.305 e. The lowest BCUT2D eigenvalue weighted by molar-refractivity contribution is -0.145. The number of imide groups is 1. The molecule has 6 nitrogen and oxygen atoms in total. The van der Waals surface area contributed by atoms with Crippen molar-refractivity contribution >= 4 is 28.9 Å². The van der Waals surface area contributed by atoms with Crippen molar-refractivity contribution in [1.82, 2.24) is 4.90 Å². The van der Waals surface area contributed by atoms with Gasteiger partial charge in [-0.15, -0.1) is 0 Å². The Kier molecular flexibility index (Phi) is 7.01. The fraction of sp³-hybridized carbons (Fsp3) is 0.769. The molecule has 2 amide bonds. The number of rotatable bonds is 8. The van der Waals surface area contributed by atoms with Crippen LogP contribution >= 0.6 is 11.8 Å². The highest BCUT2D eigenvalue weighted by Crippen LogP contribution is 2.30. The third-order valence-corrected chi connectivity index (χ3v) is 3.86. The standard InChI is InChI=1S/C13H21NO5S/c1-9(2)8-14-12(16)10(20-13(14)17)4-5-11(15)19-7-6-18-3/h9-10H,4-8H2,1-3H3. The van der Waals surface area contributed by atoms with Gasteiger partial charge in [0.05, 0.1) is 11.9 Å². The highest BCUT2D eigenvalue weighted by atomic mass is 32.2. The summed E-state index contributed by atoms with van der Waals surface area (Å²) in [4.78, 5) is 36.5. The molecule has 0 aliphatic carbocycles. The predicted octanol–water partition coefficient (Wildman–Crippen LogP) is 1.68. The van der Waals surface area contributed by atoms with Crippen LogP contribution in [0.5, 0.6) is 0 Å². The molecular formula is C13H21NO5S. The van der Waals surface area contributed by atoms with E-state index < -0.39 is 5.25 Å². The van der Waals surface area contributed by atoms with Crippen molar-refractivity contribution in [2.24, 2.45) is 5.92 Å². The Hall–Kier alpha value is -1.08. The van der Waals surface area contributed by atoms with Crippen molar-refractivity contribution in [2.45, 2.75) is 31.9 Å². The summed E-state index contributed by atoms with van der Waals surface area (Å²) in [6.45, 7) is 4.89. The van der Waals surface area contributed by atoms with Gasteiger partial charge in [-0.2, -0.15) is 0 Å². The number of hydrogen-bond donors (Lipinski definition) is 0. The molecule has 7 heteroatoms. The van der Waals surface area contributed by atoms with Crippen LogP contribution in [0.2, 0.25) is 0 Å². The van der Waals surface area contributed by atoms with Crippen molar-refractivity contribution < 1.29 is 23.9 Å². The largest absolute Gasteiger partial charge is 0.463 e. The highest BCUT2D eigenvalue weighted by molar-refractivity contribution is 8.15. The van der Waals surface area contributed by atoms with Gasteiger partial charge in [0, 0.05) is 20.1 Å². The Bertz CT molecular complexity index is 372. The van der Waals surface area contributed by atoms with Gasteiger partial charge >= 0.3 is 5.97 Å². The van der Waals surface area contributed by atoms with E-state index in [0.717, 1.165) is 11.8 Å². The molecule has 1 aliphatic rings. The van der Waals surface area contributed by atoms with Crippen LogP contribution < -0.4 is 0 Å². The number of ether oxygens (including phenoxy) is 2. The predicted molar refractivity (Wildman–Crippen MR) is 75.4 cm³/mol. The van der Waals surface area contributed by atoms with Gasteiger partial charge in [-0.25, -0.2) is 0 Å². The van der Waals surface area contributed by atoms with E-state index in [1.165, 1.54) is 12.0 Å². The minimum atomic E-state index is -0.462. The van der Waals surface area contributed by atoms with Crippen LogP contribution in [0.15, 0.2) is 0 Å². The lowest BCUT2D eigenvalue weighted by Gasteiger charge is -2.15. The normalized spacial score (nSPS) is 19.0. The van der Waals surface area contributed by atoms with E-state index in [4.69, 9.17) is 9.47 Å². The van der Waals surface area contributed by atoms with Gasteiger partial charge in [-0.1, -0.05) is 25.6 Å². The van der Waals surface area contributed by atoms with Crippen molar-refractivity contribution in [1.29, 1.82) is 0 Å². The number of amides is 2. The fourth-order valence-corrected chi connectivity index (χ4v) is 2.77. The zero-order chi connectivity index (χ0) is 15.1. The van der Waals surface area contributed by atoms with E-state index in [1.54, 1.807) is 0 Å². The van der Waals surface area contributed by atoms with E-state index in [9.17, 15) is 14.4 Å². The lowest BCUT2D eigenvalue weighted by Crippen LogP contribution is -2.34. The summed E-state index contributed by atoms with van der Waals surface area (Å²) in [5.41, 5.74) is 0. The average molecular weight is 303 g/mol. The zero-order valence-electron chi connectivity index (χ0n) is 12.1. The van der Waals surface area contributed by atoms with E-state index in [2.05, 4.69) is 0 Å². The lowest BCUT2D eigenvalue weighted by atomic mass is 10.2. The zero-order valence-corrected chi connectivity index (χ0v) is 12.9. The van der Waals surface area contributed by atoms with Gasteiger partial charge in [0.25, 0.3) is 5.24 Å². The first-order chi connectivity index (χ1) is 9.45. The first kappa shape index (κ1) is 17.0. The van der Waals surface area contributed by atoms with Crippen molar-refractivity contribution in [3.05, 3.63) is 0 Å². The molecule has 0 bridgehead atoms. The maximum absolute atomic E-state index is 12.0. The van der Waals surface area contributed by atoms with E-state index in [0.29, 0.717) is 19.6 Å². The van der Waals surface area contributed by atoms with E-state index in [-0.39, 0.29) is 36.1 Å². The monoisotopic (exact) mass is 303 g/mol. The molecule has 20 heavy (non-hydrogen) atoms. The highest BCUT2D eigenvalue weighted by Gasteiger charge is 2.39.